The minimum absolute atomic E-state index is 0.0744. The number of nitrogens with zero attached hydrogens (tertiary/aromatic N) is 3. The average Bonchev–Trinajstić information content (AvgIpc) is 3.15. The first-order valence-electron chi connectivity index (χ1n) is 10.3. The van der Waals surface area contributed by atoms with Gasteiger partial charge < -0.3 is 19.5 Å². The molecule has 0 radical (unpaired) electrons. The number of imidazole rings is 1. The summed E-state index contributed by atoms with van der Waals surface area (Å²) in [5.41, 5.74) is 0.574. The van der Waals surface area contributed by atoms with Crippen LogP contribution in [0, 0.1) is 12.8 Å². The third kappa shape index (κ3) is 5.98. The number of hydrogen-bond donors (Lipinski definition) is 1. The lowest BCUT2D eigenvalue weighted by Crippen LogP contribution is -2.40. The van der Waals surface area contributed by atoms with E-state index in [2.05, 4.69) is 10.3 Å². The van der Waals surface area contributed by atoms with Crippen LogP contribution in [0.15, 0.2) is 30.6 Å². The molecule has 0 spiro atoms. The Bertz CT molecular complexity index is 883. The minimum Gasteiger partial charge on any atom is -0.495 e. The molecule has 1 saturated heterocycles. The first-order valence-corrected chi connectivity index (χ1v) is 10.7. The Kier molecular flexibility index (Phi) is 7.74. The van der Waals surface area contributed by atoms with Crippen LogP contribution in [0.1, 0.15) is 37.9 Å². The van der Waals surface area contributed by atoms with Crippen molar-refractivity contribution in [2.75, 3.05) is 25.5 Å². The van der Waals surface area contributed by atoms with Gasteiger partial charge in [0.1, 0.15) is 11.6 Å². The Morgan fingerprint density at radius 1 is 1.33 bits per heavy atom. The fourth-order valence-electron chi connectivity index (χ4n) is 3.87. The van der Waals surface area contributed by atoms with Gasteiger partial charge in [0, 0.05) is 49.9 Å². The van der Waals surface area contributed by atoms with Crippen LogP contribution in [0.3, 0.4) is 0 Å². The molecule has 1 aliphatic heterocycles. The van der Waals surface area contributed by atoms with Gasteiger partial charge in [-0.3, -0.25) is 9.59 Å². The predicted molar refractivity (Wildman–Crippen MR) is 117 cm³/mol. The molecule has 1 unspecified atom stereocenters. The number of nitrogens with one attached hydrogen (secondary N) is 1. The molecular formula is C22H29ClN4O3. The second-order valence-corrected chi connectivity index (χ2v) is 8.13. The highest BCUT2D eigenvalue weighted by Gasteiger charge is 2.24. The Hall–Kier alpha value is -2.54. The zero-order chi connectivity index (χ0) is 21.5. The number of piperidine rings is 1. The maximum Gasteiger partial charge on any atom is 0.224 e. The van der Waals surface area contributed by atoms with Crippen molar-refractivity contribution in [3.05, 3.63) is 41.4 Å². The van der Waals surface area contributed by atoms with Gasteiger partial charge in [-0.05, 0) is 50.3 Å². The third-order valence-electron chi connectivity index (χ3n) is 5.58. The van der Waals surface area contributed by atoms with E-state index in [1.807, 2.05) is 22.6 Å². The Morgan fingerprint density at radius 2 is 2.17 bits per heavy atom. The van der Waals surface area contributed by atoms with Gasteiger partial charge in [0.15, 0.2) is 0 Å². The van der Waals surface area contributed by atoms with Crippen molar-refractivity contribution >= 4 is 29.1 Å². The first-order chi connectivity index (χ1) is 14.5. The molecule has 3 rings (SSSR count). The number of hydrogen-bond acceptors (Lipinski definition) is 4. The van der Waals surface area contributed by atoms with Crippen LogP contribution < -0.4 is 10.1 Å². The number of amides is 2. The van der Waals surface area contributed by atoms with Gasteiger partial charge in [-0.25, -0.2) is 4.98 Å². The number of anilines is 1. The van der Waals surface area contributed by atoms with Crippen LogP contribution in [0.4, 0.5) is 5.69 Å². The molecule has 1 aromatic heterocycles. The number of methoxy groups -OCH3 is 1. The van der Waals surface area contributed by atoms with Crippen LogP contribution in [-0.2, 0) is 16.1 Å². The van der Waals surface area contributed by atoms with Gasteiger partial charge >= 0.3 is 0 Å². The smallest absolute Gasteiger partial charge is 0.224 e. The van der Waals surface area contributed by atoms with Gasteiger partial charge in [-0.2, -0.15) is 0 Å². The van der Waals surface area contributed by atoms with Crippen LogP contribution in [0.5, 0.6) is 5.75 Å². The van der Waals surface area contributed by atoms with Crippen molar-refractivity contribution in [2.24, 2.45) is 5.92 Å². The predicted octanol–water partition coefficient (Wildman–Crippen LogP) is 3.90. The molecule has 1 N–H and O–H groups in total. The second kappa shape index (κ2) is 10.5. The van der Waals surface area contributed by atoms with Crippen molar-refractivity contribution in [3.63, 3.8) is 0 Å². The van der Waals surface area contributed by atoms with Crippen molar-refractivity contribution < 1.29 is 14.3 Å². The van der Waals surface area contributed by atoms with Gasteiger partial charge in [0.2, 0.25) is 11.8 Å². The molecule has 2 heterocycles. The normalized spacial score (nSPS) is 16.4. The van der Waals surface area contributed by atoms with Crippen molar-refractivity contribution in [2.45, 2.75) is 45.6 Å². The number of aryl methyl sites for hydroxylation is 2. The molecule has 0 saturated carbocycles. The van der Waals surface area contributed by atoms with E-state index in [4.69, 9.17) is 16.3 Å². The lowest BCUT2D eigenvalue weighted by Gasteiger charge is -2.33. The summed E-state index contributed by atoms with van der Waals surface area (Å²) in [6, 6.07) is 5.13. The highest BCUT2D eigenvalue weighted by molar-refractivity contribution is 6.31. The van der Waals surface area contributed by atoms with E-state index in [0.717, 1.165) is 38.2 Å². The lowest BCUT2D eigenvalue weighted by molar-refractivity contribution is -0.133. The summed E-state index contributed by atoms with van der Waals surface area (Å²) in [5, 5.41) is 3.42. The highest BCUT2D eigenvalue weighted by atomic mass is 35.5. The van der Waals surface area contributed by atoms with Crippen LogP contribution >= 0.6 is 11.6 Å². The Morgan fingerprint density at radius 3 is 2.90 bits per heavy atom. The van der Waals surface area contributed by atoms with Gasteiger partial charge in [0.05, 0.1) is 12.8 Å². The van der Waals surface area contributed by atoms with Crippen molar-refractivity contribution in [3.8, 4) is 5.75 Å². The standard InChI is InChI=1S/C22H29ClN4O3/c1-16-24-10-13-26(16)12-9-22(29)27-11-3-4-17(15-27)5-8-21(28)25-19-14-18(23)6-7-20(19)30-2/h6-7,10,13-14,17H,3-5,8-9,11-12,15H2,1-2H3,(H,25,28). The molecule has 1 fully saturated rings. The molecular weight excluding hydrogens is 404 g/mol. The van der Waals surface area contributed by atoms with E-state index < -0.39 is 0 Å². The molecule has 7 nitrogen and oxygen atoms in total. The molecule has 162 valence electrons. The Labute approximate surface area is 182 Å². The number of rotatable bonds is 8. The molecule has 8 heteroatoms. The zero-order valence-electron chi connectivity index (χ0n) is 17.6. The summed E-state index contributed by atoms with van der Waals surface area (Å²) in [5.74, 6) is 1.93. The molecule has 2 amide bonds. The SMILES string of the molecule is COc1ccc(Cl)cc1NC(=O)CCC1CCCN(C(=O)CCn2ccnc2C)C1. The lowest BCUT2D eigenvalue weighted by atomic mass is 9.93. The van der Waals surface area contributed by atoms with Crippen LogP contribution in [0.25, 0.3) is 0 Å². The molecule has 30 heavy (non-hydrogen) atoms. The van der Waals surface area contributed by atoms with Crippen LogP contribution in [0.2, 0.25) is 5.02 Å². The number of carbonyl (C=O) groups is 2. The van der Waals surface area contributed by atoms with E-state index in [1.54, 1.807) is 31.5 Å². The number of aromatic nitrogens is 2. The number of carbonyl (C=O) groups excluding carboxylic acids is 2. The van der Waals surface area contributed by atoms with E-state index >= 15 is 0 Å². The maximum absolute atomic E-state index is 12.6. The fraction of sp³-hybridized carbons (Fsp3) is 0.500. The number of likely N-dealkylation sites (tertiary alicyclic amines) is 1. The Balaban J connectivity index is 1.45. The summed E-state index contributed by atoms with van der Waals surface area (Å²) >= 11 is 6.02. The maximum atomic E-state index is 12.6. The van der Waals surface area contributed by atoms with E-state index in [-0.39, 0.29) is 11.8 Å². The molecule has 1 atom stereocenters. The summed E-state index contributed by atoms with van der Waals surface area (Å²) < 4.78 is 7.26. The van der Waals surface area contributed by atoms with Gasteiger partial charge in [-0.15, -0.1) is 0 Å². The fourth-order valence-corrected chi connectivity index (χ4v) is 4.04. The third-order valence-corrected chi connectivity index (χ3v) is 5.81. The zero-order valence-corrected chi connectivity index (χ0v) is 18.3. The molecule has 2 aromatic rings. The van der Waals surface area contributed by atoms with E-state index in [9.17, 15) is 9.59 Å². The first kappa shape index (κ1) is 22.2. The van der Waals surface area contributed by atoms with Crippen molar-refractivity contribution in [1.82, 2.24) is 14.5 Å². The number of halogens is 1. The van der Waals surface area contributed by atoms with Crippen LogP contribution in [-0.4, -0.2) is 46.5 Å². The summed E-state index contributed by atoms with van der Waals surface area (Å²) in [7, 11) is 1.56. The number of ether oxygens (including phenoxy) is 1. The largest absolute Gasteiger partial charge is 0.495 e. The summed E-state index contributed by atoms with van der Waals surface area (Å²) in [6.07, 6.45) is 7.28. The second-order valence-electron chi connectivity index (χ2n) is 7.70. The topological polar surface area (TPSA) is 76.5 Å². The minimum atomic E-state index is -0.0744. The molecule has 1 aromatic carbocycles. The van der Waals surface area contributed by atoms with E-state index in [1.165, 1.54) is 0 Å². The van der Waals surface area contributed by atoms with Gasteiger partial charge in [-0.1, -0.05) is 11.6 Å². The molecule has 1 aliphatic rings. The summed E-state index contributed by atoms with van der Waals surface area (Å²) in [6.45, 7) is 4.10. The quantitative estimate of drug-likeness (QED) is 0.686. The highest BCUT2D eigenvalue weighted by Crippen LogP contribution is 2.28. The van der Waals surface area contributed by atoms with Crippen molar-refractivity contribution in [1.29, 1.82) is 0 Å². The monoisotopic (exact) mass is 432 g/mol. The van der Waals surface area contributed by atoms with E-state index in [0.29, 0.717) is 41.8 Å². The average molecular weight is 433 g/mol. The molecule has 0 aliphatic carbocycles. The number of benzene rings is 1. The van der Waals surface area contributed by atoms with Gasteiger partial charge in [0.25, 0.3) is 0 Å². The molecule has 0 bridgehead atoms. The summed E-state index contributed by atoms with van der Waals surface area (Å²) in [4.78, 5) is 31.2.